The Morgan fingerprint density at radius 3 is 2.71 bits per heavy atom. The highest BCUT2D eigenvalue weighted by molar-refractivity contribution is 6.08. The van der Waals surface area contributed by atoms with E-state index in [1.807, 2.05) is 4.90 Å². The van der Waals surface area contributed by atoms with Crippen LogP contribution < -0.4 is 10.2 Å². The minimum absolute atomic E-state index is 0.127. The molecule has 1 aliphatic heterocycles. The first-order chi connectivity index (χ1) is 11.5. The highest BCUT2D eigenvalue weighted by Crippen LogP contribution is 2.27. The van der Waals surface area contributed by atoms with Gasteiger partial charge in [-0.15, -0.1) is 0 Å². The Bertz CT molecular complexity index is 767. The first-order valence-corrected chi connectivity index (χ1v) is 7.47. The van der Waals surface area contributed by atoms with Crippen LogP contribution in [0.4, 0.5) is 17.2 Å². The Morgan fingerprint density at radius 2 is 2.08 bits per heavy atom. The molecule has 3 rings (SSSR count). The number of nitrogens with zero attached hydrogens (tertiary/aromatic N) is 4. The van der Waals surface area contributed by atoms with E-state index in [1.165, 1.54) is 12.1 Å². The molecule has 1 aliphatic rings. The van der Waals surface area contributed by atoms with Crippen molar-refractivity contribution < 1.29 is 14.5 Å². The number of nitrogens with one attached hydrogen (secondary N) is 1. The predicted octanol–water partition coefficient (Wildman–Crippen LogP) is 1.42. The number of benzene rings is 1. The number of rotatable bonds is 4. The van der Waals surface area contributed by atoms with Gasteiger partial charge in [0.25, 0.3) is 11.6 Å². The van der Waals surface area contributed by atoms with E-state index in [-0.39, 0.29) is 11.3 Å². The van der Waals surface area contributed by atoms with E-state index >= 15 is 0 Å². The number of ether oxygens (including phenoxy) is 1. The summed E-state index contributed by atoms with van der Waals surface area (Å²) in [6.45, 7) is 2.36. The number of non-ortho nitro benzene ring substituents is 1. The number of nitro benzene ring substituents is 1. The summed E-state index contributed by atoms with van der Waals surface area (Å²) in [5.41, 5.74) is 0.771. The molecule has 1 amide bonds. The Kier molecular flexibility index (Phi) is 4.43. The molecule has 126 valence electrons. The molecule has 24 heavy (non-hydrogen) atoms. The van der Waals surface area contributed by atoms with Crippen LogP contribution in [-0.2, 0) is 11.8 Å². The van der Waals surface area contributed by atoms with Crippen LogP contribution in [0, 0.1) is 10.1 Å². The number of aryl methyl sites for hydroxylation is 1. The average molecular weight is 331 g/mol. The van der Waals surface area contributed by atoms with Gasteiger partial charge in [-0.2, -0.15) is 5.10 Å². The number of hydrogen-bond donors (Lipinski definition) is 1. The van der Waals surface area contributed by atoms with Crippen molar-refractivity contribution in [2.24, 2.45) is 7.05 Å². The van der Waals surface area contributed by atoms with Crippen LogP contribution in [0.2, 0.25) is 0 Å². The van der Waals surface area contributed by atoms with E-state index in [4.69, 9.17) is 4.74 Å². The van der Waals surface area contributed by atoms with E-state index in [9.17, 15) is 14.9 Å². The number of amides is 1. The van der Waals surface area contributed by atoms with Gasteiger partial charge in [-0.3, -0.25) is 19.6 Å². The van der Waals surface area contributed by atoms with Crippen molar-refractivity contribution in [1.82, 2.24) is 9.78 Å². The lowest BCUT2D eigenvalue weighted by Crippen LogP contribution is -2.37. The van der Waals surface area contributed by atoms with Gasteiger partial charge in [0.05, 0.1) is 29.4 Å². The number of hydrogen-bond acceptors (Lipinski definition) is 6. The third-order valence-electron chi connectivity index (χ3n) is 3.74. The van der Waals surface area contributed by atoms with Crippen LogP contribution in [0.3, 0.4) is 0 Å². The fourth-order valence-electron chi connectivity index (χ4n) is 2.56. The smallest absolute Gasteiger partial charge is 0.270 e. The minimum Gasteiger partial charge on any atom is -0.378 e. The third kappa shape index (κ3) is 3.35. The topological polar surface area (TPSA) is 103 Å². The minimum atomic E-state index is -0.513. The zero-order chi connectivity index (χ0) is 17.1. The molecule has 2 aromatic rings. The number of nitro groups is 1. The van der Waals surface area contributed by atoms with E-state index in [2.05, 4.69) is 10.4 Å². The third-order valence-corrected chi connectivity index (χ3v) is 3.74. The lowest BCUT2D eigenvalue weighted by atomic mass is 10.1. The zero-order valence-electron chi connectivity index (χ0n) is 13.1. The van der Waals surface area contributed by atoms with Crippen LogP contribution in [0.15, 0.2) is 30.5 Å². The molecule has 0 radical (unpaired) electrons. The van der Waals surface area contributed by atoms with Crippen molar-refractivity contribution in [3.63, 3.8) is 0 Å². The van der Waals surface area contributed by atoms with Gasteiger partial charge in [-0.05, 0) is 6.07 Å². The molecule has 0 aliphatic carbocycles. The maximum Gasteiger partial charge on any atom is 0.270 e. The lowest BCUT2D eigenvalue weighted by molar-refractivity contribution is -0.384. The molecule has 0 spiro atoms. The molecular weight excluding hydrogens is 314 g/mol. The second-order valence-electron chi connectivity index (χ2n) is 5.39. The monoisotopic (exact) mass is 331 g/mol. The van der Waals surface area contributed by atoms with Gasteiger partial charge in [0, 0.05) is 44.5 Å². The van der Waals surface area contributed by atoms with Crippen LogP contribution in [0.1, 0.15) is 10.4 Å². The highest BCUT2D eigenvalue weighted by Gasteiger charge is 2.22. The summed E-state index contributed by atoms with van der Waals surface area (Å²) < 4.78 is 6.88. The molecule has 1 aromatic heterocycles. The maximum absolute atomic E-state index is 12.6. The molecule has 0 bridgehead atoms. The van der Waals surface area contributed by atoms with Crippen molar-refractivity contribution in [2.45, 2.75) is 0 Å². The van der Waals surface area contributed by atoms with E-state index < -0.39 is 10.8 Å². The lowest BCUT2D eigenvalue weighted by Gasteiger charge is -2.30. The predicted molar refractivity (Wildman–Crippen MR) is 87.3 cm³/mol. The first kappa shape index (κ1) is 15.9. The van der Waals surface area contributed by atoms with Gasteiger partial charge >= 0.3 is 0 Å². The Balaban J connectivity index is 1.93. The molecule has 9 heteroatoms. The average Bonchev–Trinajstić information content (AvgIpc) is 3.00. The molecule has 1 fully saturated rings. The number of carbonyl (C=O) groups is 1. The molecule has 0 unspecified atom stereocenters. The first-order valence-electron chi connectivity index (χ1n) is 7.47. The van der Waals surface area contributed by atoms with E-state index in [1.54, 1.807) is 30.1 Å². The van der Waals surface area contributed by atoms with Crippen LogP contribution in [0.25, 0.3) is 0 Å². The van der Waals surface area contributed by atoms with Gasteiger partial charge < -0.3 is 15.0 Å². The van der Waals surface area contributed by atoms with E-state index in [0.29, 0.717) is 37.8 Å². The van der Waals surface area contributed by atoms with Crippen molar-refractivity contribution in [2.75, 3.05) is 36.5 Å². The number of morpholine rings is 1. The quantitative estimate of drug-likeness (QED) is 0.671. The standard InChI is InChI=1S/C15H17N5O4/c1-18-5-4-14(17-18)16-15(21)12-10-11(20(22)23)2-3-13(12)19-6-8-24-9-7-19/h2-5,10H,6-9H2,1H3,(H,16,17,21). The molecule has 0 atom stereocenters. The zero-order valence-corrected chi connectivity index (χ0v) is 13.1. The fraction of sp³-hybridized carbons (Fsp3) is 0.333. The largest absolute Gasteiger partial charge is 0.378 e. The fourth-order valence-corrected chi connectivity index (χ4v) is 2.56. The summed E-state index contributed by atoms with van der Waals surface area (Å²) in [6, 6.07) is 5.96. The summed E-state index contributed by atoms with van der Waals surface area (Å²) in [6.07, 6.45) is 1.70. The van der Waals surface area contributed by atoms with Gasteiger partial charge in [0.1, 0.15) is 0 Å². The highest BCUT2D eigenvalue weighted by atomic mass is 16.6. The second-order valence-corrected chi connectivity index (χ2v) is 5.39. The van der Waals surface area contributed by atoms with Gasteiger partial charge in [-0.1, -0.05) is 0 Å². The van der Waals surface area contributed by atoms with Gasteiger partial charge in [0.2, 0.25) is 0 Å². The normalized spacial score (nSPS) is 14.5. The number of aromatic nitrogens is 2. The van der Waals surface area contributed by atoms with Crippen molar-refractivity contribution >= 4 is 23.1 Å². The van der Waals surface area contributed by atoms with Crippen LogP contribution >= 0.6 is 0 Å². The molecule has 2 heterocycles. The summed E-state index contributed by atoms with van der Waals surface area (Å²) in [7, 11) is 1.74. The number of anilines is 2. The summed E-state index contributed by atoms with van der Waals surface area (Å²) in [4.78, 5) is 25.1. The molecule has 1 saturated heterocycles. The second kappa shape index (κ2) is 6.67. The Labute approximate surface area is 138 Å². The van der Waals surface area contributed by atoms with Crippen molar-refractivity contribution in [3.05, 3.63) is 46.1 Å². The molecule has 9 nitrogen and oxygen atoms in total. The van der Waals surface area contributed by atoms with Gasteiger partial charge in [0.15, 0.2) is 5.82 Å². The van der Waals surface area contributed by atoms with Crippen LogP contribution in [-0.4, -0.2) is 46.9 Å². The summed E-state index contributed by atoms with van der Waals surface area (Å²) in [5, 5.41) is 17.8. The molecule has 1 aromatic carbocycles. The summed E-state index contributed by atoms with van der Waals surface area (Å²) >= 11 is 0. The SMILES string of the molecule is Cn1ccc(NC(=O)c2cc([N+](=O)[O-])ccc2N2CCOCC2)n1. The number of carbonyl (C=O) groups excluding carboxylic acids is 1. The Hall–Kier alpha value is -2.94. The van der Waals surface area contributed by atoms with Crippen molar-refractivity contribution in [1.29, 1.82) is 0 Å². The van der Waals surface area contributed by atoms with Crippen molar-refractivity contribution in [3.8, 4) is 0 Å². The van der Waals surface area contributed by atoms with Crippen LogP contribution in [0.5, 0.6) is 0 Å². The van der Waals surface area contributed by atoms with Gasteiger partial charge in [-0.25, -0.2) is 0 Å². The molecular formula is C15H17N5O4. The Morgan fingerprint density at radius 1 is 1.33 bits per heavy atom. The summed E-state index contributed by atoms with van der Waals surface area (Å²) in [5.74, 6) is -0.0409. The van der Waals surface area contributed by atoms with E-state index in [0.717, 1.165) is 0 Å². The maximum atomic E-state index is 12.6. The molecule has 0 saturated carbocycles. The molecule has 1 N–H and O–H groups in total.